The third-order valence-corrected chi connectivity index (χ3v) is 2.76. The summed E-state index contributed by atoms with van der Waals surface area (Å²) in [6.07, 6.45) is 0. The van der Waals surface area contributed by atoms with Crippen LogP contribution >= 0.6 is 11.6 Å². The van der Waals surface area contributed by atoms with Crippen molar-refractivity contribution < 1.29 is 14.5 Å². The average Bonchev–Trinajstić information content (AvgIpc) is 2.37. The molecule has 20 heavy (non-hydrogen) atoms. The van der Waals surface area contributed by atoms with Crippen molar-refractivity contribution >= 4 is 23.3 Å². The van der Waals surface area contributed by atoms with Crippen LogP contribution in [0.5, 0.6) is 0 Å². The Morgan fingerprint density at radius 1 is 1.50 bits per heavy atom. The van der Waals surface area contributed by atoms with Crippen LogP contribution in [0, 0.1) is 16.0 Å². The van der Waals surface area contributed by atoms with Gasteiger partial charge in [0, 0.05) is 18.7 Å². The second kappa shape index (κ2) is 7.81. The number of nitro groups is 1. The molecule has 0 amide bonds. The molecule has 1 rings (SSSR count). The molecule has 0 spiro atoms. The van der Waals surface area contributed by atoms with E-state index in [-0.39, 0.29) is 22.9 Å². The van der Waals surface area contributed by atoms with Crippen LogP contribution < -0.4 is 5.32 Å². The molecule has 0 aromatic heterocycles. The van der Waals surface area contributed by atoms with E-state index in [2.05, 4.69) is 19.2 Å². The first-order valence-corrected chi connectivity index (χ1v) is 6.61. The van der Waals surface area contributed by atoms with E-state index < -0.39 is 10.9 Å². The van der Waals surface area contributed by atoms with Gasteiger partial charge in [0.2, 0.25) is 0 Å². The Morgan fingerprint density at radius 2 is 2.20 bits per heavy atom. The van der Waals surface area contributed by atoms with Gasteiger partial charge >= 0.3 is 5.97 Å². The molecule has 0 aliphatic rings. The smallest absolute Gasteiger partial charge is 0.339 e. The van der Waals surface area contributed by atoms with Crippen LogP contribution in [0.25, 0.3) is 0 Å². The number of carbonyl (C=O) groups excluding carboxylic acids is 1. The van der Waals surface area contributed by atoms with Crippen LogP contribution in [0.4, 0.5) is 5.69 Å². The van der Waals surface area contributed by atoms with Gasteiger partial charge in [0.15, 0.2) is 0 Å². The fourth-order valence-electron chi connectivity index (χ4n) is 1.47. The number of esters is 1. The highest BCUT2D eigenvalue weighted by atomic mass is 35.5. The first-order chi connectivity index (χ1) is 9.41. The van der Waals surface area contributed by atoms with Crippen LogP contribution in [0.1, 0.15) is 24.2 Å². The summed E-state index contributed by atoms with van der Waals surface area (Å²) in [5.74, 6) is -0.0638. The molecule has 0 bridgehead atoms. The molecule has 110 valence electrons. The Kier molecular flexibility index (Phi) is 6.41. The Labute approximate surface area is 122 Å². The van der Waals surface area contributed by atoms with E-state index in [4.69, 9.17) is 16.3 Å². The van der Waals surface area contributed by atoms with Crippen molar-refractivity contribution in [3.8, 4) is 0 Å². The number of nitrogens with one attached hydrogen (secondary N) is 1. The van der Waals surface area contributed by atoms with Gasteiger partial charge in [-0.1, -0.05) is 25.4 Å². The van der Waals surface area contributed by atoms with Crippen molar-refractivity contribution in [1.29, 1.82) is 0 Å². The highest BCUT2D eigenvalue weighted by Gasteiger charge is 2.15. The van der Waals surface area contributed by atoms with E-state index in [0.29, 0.717) is 12.5 Å². The number of nitro benzene ring substituents is 1. The predicted octanol–water partition coefficient (Wildman–Crippen LogP) is 2.65. The van der Waals surface area contributed by atoms with Crippen LogP contribution in [0.2, 0.25) is 5.02 Å². The van der Waals surface area contributed by atoms with Crippen LogP contribution in [0.3, 0.4) is 0 Å². The number of ether oxygens (including phenoxy) is 1. The summed E-state index contributed by atoms with van der Waals surface area (Å²) >= 11 is 5.83. The minimum absolute atomic E-state index is 0.0133. The summed E-state index contributed by atoms with van der Waals surface area (Å²) in [5, 5.41) is 13.7. The lowest BCUT2D eigenvalue weighted by Gasteiger charge is -2.08. The fourth-order valence-corrected chi connectivity index (χ4v) is 1.72. The molecular weight excluding hydrogens is 284 g/mol. The Hall–Kier alpha value is -1.66. The molecule has 6 nitrogen and oxygen atoms in total. The molecular formula is C13H17ClN2O4. The molecule has 0 aliphatic carbocycles. The molecule has 1 aromatic carbocycles. The van der Waals surface area contributed by atoms with Crippen molar-refractivity contribution in [1.82, 2.24) is 5.32 Å². The van der Waals surface area contributed by atoms with Gasteiger partial charge in [0.1, 0.15) is 6.61 Å². The Bertz CT molecular complexity index is 491. The van der Waals surface area contributed by atoms with Crippen molar-refractivity contribution in [2.24, 2.45) is 5.92 Å². The molecule has 0 radical (unpaired) electrons. The summed E-state index contributed by atoms with van der Waals surface area (Å²) in [6, 6.07) is 3.65. The zero-order valence-corrected chi connectivity index (χ0v) is 12.1. The predicted molar refractivity (Wildman–Crippen MR) is 76.1 cm³/mol. The molecule has 0 heterocycles. The van der Waals surface area contributed by atoms with Gasteiger partial charge in [0.05, 0.1) is 15.5 Å². The van der Waals surface area contributed by atoms with Crippen molar-refractivity contribution in [3.63, 3.8) is 0 Å². The molecule has 0 aliphatic heterocycles. The SMILES string of the molecule is CC(C)CNCCOC(=O)c1ccc([N+](=O)[O-])cc1Cl. The van der Waals surface area contributed by atoms with E-state index in [1.807, 2.05) is 0 Å². The molecule has 1 N–H and O–H groups in total. The van der Waals surface area contributed by atoms with Gasteiger partial charge < -0.3 is 10.1 Å². The van der Waals surface area contributed by atoms with E-state index >= 15 is 0 Å². The topological polar surface area (TPSA) is 81.5 Å². The summed E-state index contributed by atoms with van der Waals surface area (Å²) in [4.78, 5) is 21.7. The van der Waals surface area contributed by atoms with Crippen molar-refractivity contribution in [3.05, 3.63) is 38.9 Å². The van der Waals surface area contributed by atoms with Crippen LogP contribution in [-0.2, 0) is 4.74 Å². The molecule has 0 saturated heterocycles. The van der Waals surface area contributed by atoms with Gasteiger partial charge in [-0.3, -0.25) is 10.1 Å². The second-order valence-corrected chi connectivity index (χ2v) is 5.06. The number of benzene rings is 1. The average molecular weight is 301 g/mol. The van der Waals surface area contributed by atoms with Gasteiger partial charge in [-0.05, 0) is 18.5 Å². The Balaban J connectivity index is 2.49. The number of carbonyl (C=O) groups is 1. The maximum atomic E-state index is 11.7. The van der Waals surface area contributed by atoms with Gasteiger partial charge in [-0.25, -0.2) is 4.79 Å². The quantitative estimate of drug-likeness (QED) is 0.362. The lowest BCUT2D eigenvalue weighted by atomic mass is 10.2. The van der Waals surface area contributed by atoms with Gasteiger partial charge in [0.25, 0.3) is 5.69 Å². The van der Waals surface area contributed by atoms with Crippen molar-refractivity contribution in [2.75, 3.05) is 19.7 Å². The minimum atomic E-state index is -0.587. The normalized spacial score (nSPS) is 10.6. The number of rotatable bonds is 7. The maximum Gasteiger partial charge on any atom is 0.339 e. The van der Waals surface area contributed by atoms with E-state index in [1.165, 1.54) is 12.1 Å². The molecule has 0 fully saturated rings. The van der Waals surface area contributed by atoms with E-state index in [9.17, 15) is 14.9 Å². The van der Waals surface area contributed by atoms with Crippen molar-refractivity contribution in [2.45, 2.75) is 13.8 Å². The highest BCUT2D eigenvalue weighted by molar-refractivity contribution is 6.33. The highest BCUT2D eigenvalue weighted by Crippen LogP contribution is 2.22. The number of nitrogens with zero attached hydrogens (tertiary/aromatic N) is 1. The number of non-ortho nitro benzene ring substituents is 1. The lowest BCUT2D eigenvalue weighted by Crippen LogP contribution is -2.25. The molecule has 7 heteroatoms. The standard InChI is InChI=1S/C13H17ClN2O4/c1-9(2)8-15-5-6-20-13(17)11-4-3-10(16(18)19)7-12(11)14/h3-4,7,9,15H,5-6,8H2,1-2H3. The van der Waals surface area contributed by atoms with Crippen LogP contribution in [-0.4, -0.2) is 30.6 Å². The zero-order valence-electron chi connectivity index (χ0n) is 11.4. The molecule has 0 unspecified atom stereocenters. The first kappa shape index (κ1) is 16.4. The molecule has 1 aromatic rings. The third-order valence-electron chi connectivity index (χ3n) is 2.45. The summed E-state index contributed by atoms with van der Waals surface area (Å²) in [7, 11) is 0. The Morgan fingerprint density at radius 3 is 2.75 bits per heavy atom. The minimum Gasteiger partial charge on any atom is -0.461 e. The molecule has 0 saturated carbocycles. The number of hydrogen-bond donors (Lipinski definition) is 1. The largest absolute Gasteiger partial charge is 0.461 e. The summed E-state index contributed by atoms with van der Waals surface area (Å²) in [6.45, 7) is 5.77. The summed E-state index contributed by atoms with van der Waals surface area (Å²) in [5.41, 5.74) is -0.0359. The second-order valence-electron chi connectivity index (χ2n) is 4.66. The lowest BCUT2D eigenvalue weighted by molar-refractivity contribution is -0.384. The van der Waals surface area contributed by atoms with Crippen LogP contribution in [0.15, 0.2) is 18.2 Å². The summed E-state index contributed by atoms with van der Waals surface area (Å²) < 4.78 is 5.04. The zero-order chi connectivity index (χ0) is 15.1. The molecule has 0 atom stereocenters. The number of halogens is 1. The fraction of sp³-hybridized carbons (Fsp3) is 0.462. The third kappa shape index (κ3) is 5.14. The van der Waals surface area contributed by atoms with Gasteiger partial charge in [-0.2, -0.15) is 0 Å². The number of hydrogen-bond acceptors (Lipinski definition) is 5. The van der Waals surface area contributed by atoms with Gasteiger partial charge in [-0.15, -0.1) is 0 Å². The van der Waals surface area contributed by atoms with E-state index in [1.54, 1.807) is 0 Å². The maximum absolute atomic E-state index is 11.7. The monoisotopic (exact) mass is 300 g/mol. The first-order valence-electron chi connectivity index (χ1n) is 6.23. The van der Waals surface area contributed by atoms with E-state index in [0.717, 1.165) is 12.6 Å².